The molecule has 0 saturated carbocycles. The van der Waals surface area contributed by atoms with Gasteiger partial charge in [0.25, 0.3) is 0 Å². The summed E-state index contributed by atoms with van der Waals surface area (Å²) >= 11 is 0. The number of nitrogens with zero attached hydrogens (tertiary/aromatic N) is 2. The highest BCUT2D eigenvalue weighted by Gasteiger charge is 2.00. The Morgan fingerprint density at radius 1 is 1.50 bits per heavy atom. The van der Waals surface area contributed by atoms with Gasteiger partial charge in [0.15, 0.2) is 0 Å². The zero-order valence-electron chi connectivity index (χ0n) is 8.14. The largest absolute Gasteiger partial charge is 0.302 e. The molecule has 2 nitrogen and oxygen atoms in total. The van der Waals surface area contributed by atoms with Gasteiger partial charge in [-0.05, 0) is 19.9 Å². The molecule has 0 aliphatic rings. The third kappa shape index (κ3) is 5.94. The van der Waals surface area contributed by atoms with Crippen LogP contribution in [0.5, 0.6) is 0 Å². The van der Waals surface area contributed by atoms with Gasteiger partial charge in [-0.1, -0.05) is 12.5 Å². The average molecular weight is 166 g/mol. The molecule has 0 radical (unpaired) electrons. The Hall–Kier alpha value is -0.810. The van der Waals surface area contributed by atoms with Crippen LogP contribution in [-0.2, 0) is 0 Å². The van der Waals surface area contributed by atoms with Crippen molar-refractivity contribution in [2.24, 2.45) is 0 Å². The maximum atomic E-state index is 8.39. The molecule has 68 valence electrons. The molecular formula is C10H18N2. The lowest BCUT2D eigenvalue weighted by Crippen LogP contribution is -2.25. The molecule has 0 aromatic rings. The number of hydrogen-bond acceptors (Lipinski definition) is 2. The van der Waals surface area contributed by atoms with Crippen LogP contribution in [0.25, 0.3) is 0 Å². The third-order valence-corrected chi connectivity index (χ3v) is 1.84. The predicted molar refractivity (Wildman–Crippen MR) is 51.8 cm³/mol. The fraction of sp³-hybridized carbons (Fsp3) is 0.700. The highest BCUT2D eigenvalue weighted by atomic mass is 15.1. The van der Waals surface area contributed by atoms with Gasteiger partial charge in [-0.2, -0.15) is 5.26 Å². The number of rotatable bonds is 6. The van der Waals surface area contributed by atoms with E-state index in [1.807, 2.05) is 6.92 Å². The minimum atomic E-state index is 0.629. The van der Waals surface area contributed by atoms with E-state index in [0.29, 0.717) is 6.42 Å². The predicted octanol–water partition coefficient (Wildman–Crippen LogP) is 2.19. The summed E-state index contributed by atoms with van der Waals surface area (Å²) in [6.45, 7) is 11.0. The summed E-state index contributed by atoms with van der Waals surface area (Å²) in [5, 5.41) is 8.39. The van der Waals surface area contributed by atoms with Gasteiger partial charge in [0.05, 0.1) is 6.07 Å². The van der Waals surface area contributed by atoms with Crippen LogP contribution in [0.2, 0.25) is 0 Å². The summed E-state index contributed by atoms with van der Waals surface area (Å²) in [5.41, 5.74) is 1.21. The smallest absolute Gasteiger partial charge is 0.0635 e. The van der Waals surface area contributed by atoms with Crippen molar-refractivity contribution in [2.45, 2.75) is 26.7 Å². The van der Waals surface area contributed by atoms with Crippen molar-refractivity contribution in [1.82, 2.24) is 4.90 Å². The third-order valence-electron chi connectivity index (χ3n) is 1.84. The van der Waals surface area contributed by atoms with E-state index in [1.54, 1.807) is 0 Å². The van der Waals surface area contributed by atoms with Crippen LogP contribution in [0.1, 0.15) is 26.7 Å². The SMILES string of the molecule is C=C(C)CCN(CC)CCC#N. The zero-order valence-corrected chi connectivity index (χ0v) is 8.14. The summed E-state index contributed by atoms with van der Waals surface area (Å²) in [6, 6.07) is 2.16. The van der Waals surface area contributed by atoms with Crippen molar-refractivity contribution < 1.29 is 0 Å². The zero-order chi connectivity index (χ0) is 9.40. The maximum Gasteiger partial charge on any atom is 0.0635 e. The van der Waals surface area contributed by atoms with Crippen LogP contribution in [-0.4, -0.2) is 24.5 Å². The highest BCUT2D eigenvalue weighted by molar-refractivity contribution is 4.88. The van der Waals surface area contributed by atoms with Crippen LogP contribution >= 0.6 is 0 Å². The summed E-state index contributed by atoms with van der Waals surface area (Å²) in [6.07, 6.45) is 1.67. The first-order valence-electron chi connectivity index (χ1n) is 4.44. The van der Waals surface area contributed by atoms with Gasteiger partial charge in [-0.3, -0.25) is 0 Å². The van der Waals surface area contributed by atoms with Crippen molar-refractivity contribution in [2.75, 3.05) is 19.6 Å². The molecule has 0 aromatic heterocycles. The second-order valence-electron chi connectivity index (χ2n) is 3.05. The van der Waals surface area contributed by atoms with Crippen molar-refractivity contribution in [3.63, 3.8) is 0 Å². The molecule has 0 fully saturated rings. The first-order chi connectivity index (χ1) is 5.70. The Labute approximate surface area is 75.5 Å². The second kappa shape index (κ2) is 6.87. The fourth-order valence-corrected chi connectivity index (χ4v) is 0.985. The van der Waals surface area contributed by atoms with E-state index in [-0.39, 0.29) is 0 Å². The molecule has 0 heterocycles. The van der Waals surface area contributed by atoms with Crippen molar-refractivity contribution in [3.8, 4) is 6.07 Å². The molecule has 0 atom stereocenters. The van der Waals surface area contributed by atoms with Crippen LogP contribution < -0.4 is 0 Å². The molecule has 12 heavy (non-hydrogen) atoms. The lowest BCUT2D eigenvalue weighted by Gasteiger charge is -2.18. The second-order valence-corrected chi connectivity index (χ2v) is 3.05. The molecule has 0 bridgehead atoms. The van der Waals surface area contributed by atoms with Gasteiger partial charge >= 0.3 is 0 Å². The monoisotopic (exact) mass is 166 g/mol. The van der Waals surface area contributed by atoms with Crippen LogP contribution in [0.3, 0.4) is 0 Å². The normalized spacial score (nSPS) is 9.83. The summed E-state index contributed by atoms with van der Waals surface area (Å²) < 4.78 is 0. The highest BCUT2D eigenvalue weighted by Crippen LogP contribution is 1.99. The lowest BCUT2D eigenvalue weighted by molar-refractivity contribution is 0.298. The topological polar surface area (TPSA) is 27.0 Å². The average Bonchev–Trinajstić information content (AvgIpc) is 2.05. The van der Waals surface area contributed by atoms with Gasteiger partial charge in [0.1, 0.15) is 0 Å². The molecule has 2 heteroatoms. The summed E-state index contributed by atoms with van der Waals surface area (Å²) in [7, 11) is 0. The molecule has 0 aliphatic carbocycles. The van der Waals surface area contributed by atoms with E-state index in [2.05, 4.69) is 24.5 Å². The van der Waals surface area contributed by atoms with Gasteiger partial charge in [-0.15, -0.1) is 6.58 Å². The molecule has 0 unspecified atom stereocenters. The van der Waals surface area contributed by atoms with Crippen molar-refractivity contribution in [3.05, 3.63) is 12.2 Å². The van der Waals surface area contributed by atoms with E-state index in [9.17, 15) is 0 Å². The Morgan fingerprint density at radius 3 is 2.58 bits per heavy atom. The Bertz CT molecular complexity index is 167. The first kappa shape index (κ1) is 11.2. The van der Waals surface area contributed by atoms with Crippen molar-refractivity contribution >= 4 is 0 Å². The van der Waals surface area contributed by atoms with E-state index >= 15 is 0 Å². The van der Waals surface area contributed by atoms with Gasteiger partial charge in [-0.25, -0.2) is 0 Å². The first-order valence-corrected chi connectivity index (χ1v) is 4.44. The summed E-state index contributed by atoms with van der Waals surface area (Å²) in [5.74, 6) is 0. The Balaban J connectivity index is 3.54. The van der Waals surface area contributed by atoms with Crippen LogP contribution in [0.15, 0.2) is 12.2 Å². The minimum absolute atomic E-state index is 0.629. The molecule has 0 spiro atoms. The molecule has 0 rings (SSSR count). The molecule has 0 N–H and O–H groups in total. The van der Waals surface area contributed by atoms with Crippen LogP contribution in [0, 0.1) is 11.3 Å². The lowest BCUT2D eigenvalue weighted by atomic mass is 10.2. The molecular weight excluding hydrogens is 148 g/mol. The molecule has 0 amide bonds. The number of nitriles is 1. The van der Waals surface area contributed by atoms with Crippen LogP contribution in [0.4, 0.5) is 0 Å². The minimum Gasteiger partial charge on any atom is -0.302 e. The Kier molecular flexibility index (Phi) is 6.41. The quantitative estimate of drug-likeness (QED) is 0.565. The molecule has 0 saturated heterocycles. The Morgan fingerprint density at radius 2 is 2.17 bits per heavy atom. The summed E-state index contributed by atoms with van der Waals surface area (Å²) in [4.78, 5) is 2.28. The maximum absolute atomic E-state index is 8.39. The van der Waals surface area contributed by atoms with E-state index in [4.69, 9.17) is 5.26 Å². The van der Waals surface area contributed by atoms with E-state index < -0.39 is 0 Å². The van der Waals surface area contributed by atoms with Gasteiger partial charge in [0.2, 0.25) is 0 Å². The molecule has 0 aliphatic heterocycles. The fourth-order valence-electron chi connectivity index (χ4n) is 0.985. The molecule has 0 aromatic carbocycles. The van der Waals surface area contributed by atoms with Crippen molar-refractivity contribution in [1.29, 1.82) is 5.26 Å². The van der Waals surface area contributed by atoms with Gasteiger partial charge in [0, 0.05) is 19.5 Å². The van der Waals surface area contributed by atoms with E-state index in [1.165, 1.54) is 5.57 Å². The van der Waals surface area contributed by atoms with E-state index in [0.717, 1.165) is 26.1 Å². The standard InChI is InChI=1S/C10H18N2/c1-4-12(8-5-7-11)9-6-10(2)3/h2,4-6,8-9H2,1,3H3. The van der Waals surface area contributed by atoms with Gasteiger partial charge < -0.3 is 4.90 Å². The number of hydrogen-bond donors (Lipinski definition) is 0.